The smallest absolute Gasteiger partial charge is 0.228 e. The normalized spacial score (nSPS) is 10.2. The molecule has 0 aliphatic carbocycles. The van der Waals surface area contributed by atoms with Crippen molar-refractivity contribution in [3.63, 3.8) is 0 Å². The van der Waals surface area contributed by atoms with Crippen LogP contribution in [0.4, 0.5) is 5.88 Å². The lowest BCUT2D eigenvalue weighted by Crippen LogP contribution is -1.97. The lowest BCUT2D eigenvalue weighted by Gasteiger charge is -2.04. The molecule has 2 aromatic rings. The molecule has 2 N–H and O–H groups in total. The van der Waals surface area contributed by atoms with Gasteiger partial charge >= 0.3 is 0 Å². The molecule has 1 aromatic heterocycles. The van der Waals surface area contributed by atoms with Gasteiger partial charge in [0.2, 0.25) is 5.88 Å². The minimum Gasteiger partial charge on any atom is -0.489 e. The molecular formula is C11H12N2O2. The van der Waals surface area contributed by atoms with Gasteiger partial charge in [-0.05, 0) is 19.1 Å². The molecule has 0 atom stereocenters. The summed E-state index contributed by atoms with van der Waals surface area (Å²) in [6.07, 6.45) is 1.56. The number of benzene rings is 1. The number of nitrogens with zero attached hydrogens (tertiary/aromatic N) is 1. The Morgan fingerprint density at radius 3 is 2.67 bits per heavy atom. The Kier molecular flexibility index (Phi) is 2.58. The predicted octanol–water partition coefficient (Wildman–Crippen LogP) is 2.14. The van der Waals surface area contributed by atoms with Crippen molar-refractivity contribution in [3.05, 3.63) is 41.6 Å². The number of anilines is 1. The van der Waals surface area contributed by atoms with Crippen LogP contribution in [0.1, 0.15) is 11.1 Å². The summed E-state index contributed by atoms with van der Waals surface area (Å²) in [5, 5.41) is 3.57. The highest BCUT2D eigenvalue weighted by atomic mass is 16.5. The highest BCUT2D eigenvalue weighted by molar-refractivity contribution is 5.33. The van der Waals surface area contributed by atoms with Crippen LogP contribution in [-0.4, -0.2) is 5.16 Å². The van der Waals surface area contributed by atoms with Gasteiger partial charge in [-0.1, -0.05) is 22.9 Å². The van der Waals surface area contributed by atoms with Crippen LogP contribution >= 0.6 is 0 Å². The maximum absolute atomic E-state index is 5.52. The molecule has 0 spiro atoms. The Morgan fingerprint density at radius 2 is 2.07 bits per heavy atom. The summed E-state index contributed by atoms with van der Waals surface area (Å²) < 4.78 is 10.2. The zero-order chi connectivity index (χ0) is 10.7. The SMILES string of the molecule is Cc1ccc(OCc2cnoc2N)cc1. The van der Waals surface area contributed by atoms with Crippen LogP contribution in [0.5, 0.6) is 5.75 Å². The molecule has 1 aromatic carbocycles. The molecule has 0 radical (unpaired) electrons. The van der Waals surface area contributed by atoms with Gasteiger partial charge in [0.1, 0.15) is 12.4 Å². The third-order valence-corrected chi connectivity index (χ3v) is 2.09. The Balaban J connectivity index is 1.99. The van der Waals surface area contributed by atoms with Gasteiger partial charge in [0.15, 0.2) is 0 Å². The fourth-order valence-corrected chi connectivity index (χ4v) is 1.17. The van der Waals surface area contributed by atoms with Gasteiger partial charge in [-0.25, -0.2) is 0 Å². The van der Waals surface area contributed by atoms with E-state index in [-0.39, 0.29) is 0 Å². The Hall–Kier alpha value is -1.97. The highest BCUT2D eigenvalue weighted by Crippen LogP contribution is 2.16. The topological polar surface area (TPSA) is 61.3 Å². The standard InChI is InChI=1S/C11H12N2O2/c1-8-2-4-10(5-3-8)14-7-9-6-13-15-11(9)12/h2-6H,7,12H2,1H3. The fourth-order valence-electron chi connectivity index (χ4n) is 1.17. The van der Waals surface area contributed by atoms with E-state index in [2.05, 4.69) is 5.16 Å². The Labute approximate surface area is 87.6 Å². The van der Waals surface area contributed by atoms with E-state index < -0.39 is 0 Å². The first-order chi connectivity index (χ1) is 7.25. The van der Waals surface area contributed by atoms with Crippen LogP contribution in [0, 0.1) is 6.92 Å². The molecule has 15 heavy (non-hydrogen) atoms. The van der Waals surface area contributed by atoms with Gasteiger partial charge < -0.3 is 15.0 Å². The van der Waals surface area contributed by atoms with Gasteiger partial charge in [0.25, 0.3) is 0 Å². The lowest BCUT2D eigenvalue weighted by atomic mass is 10.2. The van der Waals surface area contributed by atoms with E-state index in [1.165, 1.54) is 5.56 Å². The van der Waals surface area contributed by atoms with Crippen LogP contribution in [0.3, 0.4) is 0 Å². The first-order valence-electron chi connectivity index (χ1n) is 4.64. The molecule has 0 fully saturated rings. The lowest BCUT2D eigenvalue weighted by molar-refractivity contribution is 0.306. The molecule has 0 saturated heterocycles. The molecule has 0 amide bonds. The molecule has 2 rings (SSSR count). The number of hydrogen-bond donors (Lipinski definition) is 1. The molecular weight excluding hydrogens is 192 g/mol. The van der Waals surface area contributed by atoms with Crippen molar-refractivity contribution in [1.82, 2.24) is 5.16 Å². The summed E-state index contributed by atoms with van der Waals surface area (Å²) in [5.41, 5.74) is 7.48. The average molecular weight is 204 g/mol. The number of hydrogen-bond acceptors (Lipinski definition) is 4. The van der Waals surface area contributed by atoms with Crippen LogP contribution in [-0.2, 0) is 6.61 Å². The molecule has 4 nitrogen and oxygen atoms in total. The predicted molar refractivity (Wildman–Crippen MR) is 56.4 cm³/mol. The summed E-state index contributed by atoms with van der Waals surface area (Å²) in [5.74, 6) is 1.11. The minimum absolute atomic E-state index is 0.308. The summed E-state index contributed by atoms with van der Waals surface area (Å²) in [6.45, 7) is 2.40. The number of nitrogen functional groups attached to an aromatic ring is 1. The Bertz CT molecular complexity index is 434. The van der Waals surface area contributed by atoms with Gasteiger partial charge in [0.05, 0.1) is 11.8 Å². The summed E-state index contributed by atoms with van der Waals surface area (Å²) in [7, 11) is 0. The second-order valence-electron chi connectivity index (χ2n) is 3.32. The van der Waals surface area contributed by atoms with Crippen LogP contribution < -0.4 is 10.5 Å². The number of ether oxygens (including phenoxy) is 1. The van der Waals surface area contributed by atoms with E-state index in [1.807, 2.05) is 31.2 Å². The average Bonchev–Trinajstić information content (AvgIpc) is 2.63. The van der Waals surface area contributed by atoms with E-state index in [0.717, 1.165) is 11.3 Å². The zero-order valence-corrected chi connectivity index (χ0v) is 8.43. The van der Waals surface area contributed by atoms with E-state index in [0.29, 0.717) is 12.5 Å². The van der Waals surface area contributed by atoms with E-state index in [4.69, 9.17) is 15.0 Å². The molecule has 0 aliphatic rings. The fraction of sp³-hybridized carbons (Fsp3) is 0.182. The van der Waals surface area contributed by atoms with Crippen molar-refractivity contribution in [2.24, 2.45) is 0 Å². The third-order valence-electron chi connectivity index (χ3n) is 2.09. The molecule has 0 bridgehead atoms. The van der Waals surface area contributed by atoms with E-state index in [1.54, 1.807) is 6.20 Å². The second-order valence-corrected chi connectivity index (χ2v) is 3.32. The summed E-state index contributed by atoms with van der Waals surface area (Å²) >= 11 is 0. The molecule has 1 heterocycles. The van der Waals surface area contributed by atoms with Crippen molar-refractivity contribution >= 4 is 5.88 Å². The van der Waals surface area contributed by atoms with Crippen molar-refractivity contribution < 1.29 is 9.26 Å². The maximum Gasteiger partial charge on any atom is 0.228 e. The Morgan fingerprint density at radius 1 is 1.33 bits per heavy atom. The summed E-state index contributed by atoms with van der Waals surface area (Å²) in [4.78, 5) is 0. The van der Waals surface area contributed by atoms with Gasteiger partial charge in [-0.3, -0.25) is 0 Å². The van der Waals surface area contributed by atoms with E-state index in [9.17, 15) is 0 Å². The van der Waals surface area contributed by atoms with Crippen molar-refractivity contribution in [3.8, 4) is 5.75 Å². The third kappa shape index (κ3) is 2.28. The molecule has 0 unspecified atom stereocenters. The number of rotatable bonds is 3. The first-order valence-corrected chi connectivity index (χ1v) is 4.64. The highest BCUT2D eigenvalue weighted by Gasteiger charge is 2.04. The largest absolute Gasteiger partial charge is 0.489 e. The second kappa shape index (κ2) is 4.04. The van der Waals surface area contributed by atoms with Crippen molar-refractivity contribution in [2.75, 3.05) is 5.73 Å². The van der Waals surface area contributed by atoms with Gasteiger partial charge in [-0.2, -0.15) is 0 Å². The molecule has 0 saturated carbocycles. The number of aromatic nitrogens is 1. The summed E-state index contributed by atoms with van der Waals surface area (Å²) in [6, 6.07) is 7.82. The van der Waals surface area contributed by atoms with Crippen molar-refractivity contribution in [2.45, 2.75) is 13.5 Å². The number of nitrogens with two attached hydrogens (primary N) is 1. The van der Waals surface area contributed by atoms with Gasteiger partial charge in [0, 0.05) is 0 Å². The van der Waals surface area contributed by atoms with Crippen LogP contribution in [0.2, 0.25) is 0 Å². The van der Waals surface area contributed by atoms with Crippen molar-refractivity contribution in [1.29, 1.82) is 0 Å². The van der Waals surface area contributed by atoms with Crippen LogP contribution in [0.25, 0.3) is 0 Å². The number of aryl methyl sites for hydroxylation is 1. The zero-order valence-electron chi connectivity index (χ0n) is 8.43. The molecule has 4 heteroatoms. The minimum atomic E-state index is 0.308. The van der Waals surface area contributed by atoms with Crippen LogP contribution in [0.15, 0.2) is 35.0 Å². The molecule has 0 aliphatic heterocycles. The quantitative estimate of drug-likeness (QED) is 0.832. The maximum atomic E-state index is 5.52. The van der Waals surface area contributed by atoms with E-state index >= 15 is 0 Å². The van der Waals surface area contributed by atoms with Gasteiger partial charge in [-0.15, -0.1) is 0 Å². The first kappa shape index (κ1) is 9.58. The monoisotopic (exact) mass is 204 g/mol. The molecule has 78 valence electrons.